The molecule has 2 N–H and O–H groups in total. The number of benzene rings is 2. The molecule has 0 aliphatic carbocycles. The molecule has 3 heterocycles. The van der Waals surface area contributed by atoms with Crippen LogP contribution in [-0.2, 0) is 13.5 Å². The average Bonchev–Trinajstić information content (AvgIpc) is 3.46. The Morgan fingerprint density at radius 3 is 2.71 bits per heavy atom. The number of fused-ring (bicyclic) bond motifs is 1. The summed E-state index contributed by atoms with van der Waals surface area (Å²) in [4.78, 5) is 29.5. The first-order valence-corrected chi connectivity index (χ1v) is 11.1. The summed E-state index contributed by atoms with van der Waals surface area (Å²) >= 11 is 6.02. The lowest BCUT2D eigenvalue weighted by Gasteiger charge is -2.10. The van der Waals surface area contributed by atoms with Gasteiger partial charge in [-0.3, -0.25) is 14.3 Å². The third-order valence-corrected chi connectivity index (χ3v) is 5.84. The zero-order valence-electron chi connectivity index (χ0n) is 18.3. The number of rotatable bonds is 6. The fraction of sp³-hybridized carbons (Fsp3) is 0.120. The Bertz CT molecular complexity index is 1550. The zero-order valence-corrected chi connectivity index (χ0v) is 19.1. The van der Waals surface area contributed by atoms with Gasteiger partial charge in [0.25, 0.3) is 11.5 Å². The topological polar surface area (TPSA) is 97.6 Å². The van der Waals surface area contributed by atoms with Crippen molar-refractivity contribution in [2.45, 2.75) is 6.42 Å². The van der Waals surface area contributed by atoms with Gasteiger partial charge in [0.2, 0.25) is 0 Å². The maximum absolute atomic E-state index is 13.2. The smallest absolute Gasteiger partial charge is 0.284 e. The molecule has 0 saturated heterocycles. The van der Waals surface area contributed by atoms with Crippen molar-refractivity contribution in [2.24, 2.45) is 7.05 Å². The van der Waals surface area contributed by atoms with Crippen molar-refractivity contribution < 1.29 is 4.79 Å². The first-order chi connectivity index (χ1) is 16.5. The van der Waals surface area contributed by atoms with Gasteiger partial charge in [0.05, 0.1) is 18.1 Å². The Morgan fingerprint density at radius 2 is 1.94 bits per heavy atom. The van der Waals surface area contributed by atoms with Crippen LogP contribution in [0.5, 0.6) is 0 Å². The van der Waals surface area contributed by atoms with Gasteiger partial charge in [0, 0.05) is 41.3 Å². The normalized spacial score (nSPS) is 11.1. The maximum Gasteiger partial charge on any atom is 0.284 e. The van der Waals surface area contributed by atoms with Crippen LogP contribution in [0.2, 0.25) is 5.02 Å². The highest BCUT2D eigenvalue weighted by Gasteiger charge is 2.18. The Balaban J connectivity index is 1.45. The number of nitrogens with one attached hydrogen (secondary N) is 2. The fourth-order valence-corrected chi connectivity index (χ4v) is 3.98. The van der Waals surface area contributed by atoms with Gasteiger partial charge < -0.3 is 10.3 Å². The minimum absolute atomic E-state index is 0.00253. The van der Waals surface area contributed by atoms with Crippen molar-refractivity contribution in [1.29, 1.82) is 0 Å². The average molecular weight is 473 g/mol. The number of aromatic nitrogens is 5. The van der Waals surface area contributed by atoms with Gasteiger partial charge in [-0.2, -0.15) is 14.9 Å². The van der Waals surface area contributed by atoms with Crippen molar-refractivity contribution in [3.8, 4) is 16.9 Å². The second-order valence-corrected chi connectivity index (χ2v) is 8.34. The predicted molar refractivity (Wildman–Crippen MR) is 131 cm³/mol. The molecule has 2 aromatic carbocycles. The van der Waals surface area contributed by atoms with Gasteiger partial charge in [-0.25, -0.2) is 0 Å². The number of carbonyl (C=O) groups excluding carboxylic acids is 1. The SMILES string of the molecule is Cn1cc(-n2nc(-c3ccc(Cl)cc3)cc(C(=O)NCCc3c[nH]c4ccccc34)c2=O)cn1. The molecule has 170 valence electrons. The van der Waals surface area contributed by atoms with Gasteiger partial charge in [-0.15, -0.1) is 0 Å². The molecule has 0 spiro atoms. The van der Waals surface area contributed by atoms with Gasteiger partial charge in [-0.05, 0) is 36.2 Å². The van der Waals surface area contributed by atoms with E-state index >= 15 is 0 Å². The van der Waals surface area contributed by atoms with E-state index in [2.05, 4.69) is 20.5 Å². The highest BCUT2D eigenvalue weighted by molar-refractivity contribution is 6.30. The van der Waals surface area contributed by atoms with Crippen molar-refractivity contribution in [3.63, 3.8) is 0 Å². The molecular weight excluding hydrogens is 452 g/mol. The van der Waals surface area contributed by atoms with Crippen molar-refractivity contribution in [3.05, 3.63) is 99.7 Å². The summed E-state index contributed by atoms with van der Waals surface area (Å²) in [5, 5.41) is 13.2. The van der Waals surface area contributed by atoms with E-state index < -0.39 is 11.5 Å². The second-order valence-electron chi connectivity index (χ2n) is 7.90. The number of hydrogen-bond acceptors (Lipinski definition) is 4. The molecule has 0 radical (unpaired) electrons. The van der Waals surface area contributed by atoms with Crippen molar-refractivity contribution in [2.75, 3.05) is 6.54 Å². The Hall–Kier alpha value is -4.17. The van der Waals surface area contributed by atoms with Crippen LogP contribution < -0.4 is 10.9 Å². The molecule has 0 bridgehead atoms. The fourth-order valence-electron chi connectivity index (χ4n) is 3.86. The van der Waals surface area contributed by atoms with Gasteiger partial charge >= 0.3 is 0 Å². The van der Waals surface area contributed by atoms with Gasteiger partial charge in [0.15, 0.2) is 0 Å². The lowest BCUT2D eigenvalue weighted by molar-refractivity contribution is 0.0952. The second kappa shape index (κ2) is 8.99. The summed E-state index contributed by atoms with van der Waals surface area (Å²) in [6.07, 6.45) is 5.76. The minimum atomic E-state index is -0.518. The number of aromatic amines is 1. The van der Waals surface area contributed by atoms with Crippen LogP contribution in [0.4, 0.5) is 0 Å². The maximum atomic E-state index is 13.2. The number of aryl methyl sites for hydroxylation is 1. The number of halogens is 1. The van der Waals surface area contributed by atoms with E-state index in [1.54, 1.807) is 42.2 Å². The minimum Gasteiger partial charge on any atom is -0.361 e. The van der Waals surface area contributed by atoms with E-state index in [0.717, 1.165) is 22.0 Å². The lowest BCUT2D eigenvalue weighted by atomic mass is 10.1. The summed E-state index contributed by atoms with van der Waals surface area (Å²) in [7, 11) is 1.75. The zero-order chi connectivity index (χ0) is 23.7. The summed E-state index contributed by atoms with van der Waals surface area (Å²) in [5.41, 5.74) is 3.30. The molecule has 5 aromatic rings. The molecule has 0 unspecified atom stereocenters. The highest BCUT2D eigenvalue weighted by atomic mass is 35.5. The summed E-state index contributed by atoms with van der Waals surface area (Å²) in [6, 6.07) is 16.6. The van der Waals surface area contributed by atoms with Gasteiger partial charge in [0.1, 0.15) is 11.3 Å². The summed E-state index contributed by atoms with van der Waals surface area (Å²) in [6.45, 7) is 0.381. The summed E-state index contributed by atoms with van der Waals surface area (Å²) < 4.78 is 2.77. The predicted octanol–water partition coefficient (Wildman–Crippen LogP) is 3.74. The Kier molecular flexibility index (Phi) is 5.73. The molecule has 0 fully saturated rings. The molecule has 0 aliphatic heterocycles. The Labute approximate surface area is 199 Å². The van der Waals surface area contributed by atoms with Crippen LogP contribution >= 0.6 is 11.6 Å². The number of carbonyl (C=O) groups is 1. The first kappa shape index (κ1) is 21.7. The van der Waals surface area contributed by atoms with E-state index in [9.17, 15) is 9.59 Å². The van der Waals surface area contributed by atoms with Crippen LogP contribution in [0.1, 0.15) is 15.9 Å². The van der Waals surface area contributed by atoms with Crippen molar-refractivity contribution in [1.82, 2.24) is 29.9 Å². The van der Waals surface area contributed by atoms with Crippen LogP contribution in [-0.4, -0.2) is 37.0 Å². The van der Waals surface area contributed by atoms with Crippen LogP contribution in [0, 0.1) is 0 Å². The van der Waals surface area contributed by atoms with E-state index in [0.29, 0.717) is 29.4 Å². The van der Waals surface area contributed by atoms with Gasteiger partial charge in [-0.1, -0.05) is 41.9 Å². The molecule has 1 amide bonds. The first-order valence-electron chi connectivity index (χ1n) is 10.7. The highest BCUT2D eigenvalue weighted by Crippen LogP contribution is 2.21. The molecule has 0 saturated carbocycles. The van der Waals surface area contributed by atoms with E-state index in [1.807, 2.05) is 30.5 Å². The third kappa shape index (κ3) is 4.23. The molecule has 9 heteroatoms. The Morgan fingerprint density at radius 1 is 1.15 bits per heavy atom. The van der Waals surface area contributed by atoms with E-state index in [-0.39, 0.29) is 5.56 Å². The lowest BCUT2D eigenvalue weighted by Crippen LogP contribution is -2.34. The molecular formula is C25H21ClN6O2. The number of amides is 1. The monoisotopic (exact) mass is 472 g/mol. The van der Waals surface area contributed by atoms with Crippen LogP contribution in [0.3, 0.4) is 0 Å². The molecule has 0 atom stereocenters. The van der Waals surface area contributed by atoms with Crippen molar-refractivity contribution >= 4 is 28.4 Å². The molecule has 0 aliphatic rings. The molecule has 34 heavy (non-hydrogen) atoms. The number of H-pyrrole nitrogens is 1. The third-order valence-electron chi connectivity index (χ3n) is 5.59. The quantitative estimate of drug-likeness (QED) is 0.393. The largest absolute Gasteiger partial charge is 0.361 e. The number of nitrogens with zero attached hydrogens (tertiary/aromatic N) is 4. The molecule has 8 nitrogen and oxygen atoms in total. The number of para-hydroxylation sites is 1. The molecule has 5 rings (SSSR count). The number of hydrogen-bond donors (Lipinski definition) is 2. The molecule has 3 aromatic heterocycles. The van der Waals surface area contributed by atoms with Crippen LogP contribution in [0.15, 0.2) is 78.0 Å². The summed E-state index contributed by atoms with van der Waals surface area (Å²) in [5.74, 6) is -0.458. The van der Waals surface area contributed by atoms with E-state index in [4.69, 9.17) is 11.6 Å². The van der Waals surface area contributed by atoms with Crippen LogP contribution in [0.25, 0.3) is 27.8 Å². The van der Waals surface area contributed by atoms with E-state index in [1.165, 1.54) is 16.9 Å². The standard InChI is InChI=1S/C25H21ClN6O2/c1-31-15-19(14-29-31)32-25(34)21(12-23(30-32)16-6-8-18(26)9-7-16)24(33)27-11-10-17-13-28-22-5-3-2-4-20(17)22/h2-9,12-15,28H,10-11H2,1H3,(H,27,33).